The third-order valence-corrected chi connectivity index (χ3v) is 2.72. The van der Waals surface area contributed by atoms with Crippen LogP contribution >= 0.6 is 0 Å². The van der Waals surface area contributed by atoms with Crippen molar-refractivity contribution in [2.24, 2.45) is 0 Å². The van der Waals surface area contributed by atoms with Crippen LogP contribution in [0.1, 0.15) is 38.5 Å². The topological polar surface area (TPSA) is 58.6 Å². The van der Waals surface area contributed by atoms with Crippen molar-refractivity contribution in [3.05, 3.63) is 0 Å². The van der Waals surface area contributed by atoms with Gasteiger partial charge in [0.15, 0.2) is 0 Å². The number of aliphatic carboxylic acids is 1. The Labute approximate surface area is 91.0 Å². The van der Waals surface area contributed by atoms with Gasteiger partial charge in [-0.15, -0.1) is 0 Å². The zero-order valence-electron chi connectivity index (χ0n) is 9.21. The van der Waals surface area contributed by atoms with Gasteiger partial charge in [-0.1, -0.05) is 6.42 Å². The summed E-state index contributed by atoms with van der Waals surface area (Å²) in [6.07, 6.45) is 5.39. The summed E-state index contributed by atoms with van der Waals surface area (Å²) in [4.78, 5) is 10.2. The van der Waals surface area contributed by atoms with Gasteiger partial charge in [-0.2, -0.15) is 0 Å². The van der Waals surface area contributed by atoms with Crippen molar-refractivity contribution in [2.45, 2.75) is 44.6 Å². The Morgan fingerprint density at radius 1 is 1.27 bits per heavy atom. The number of hydrogen-bond acceptors (Lipinski definition) is 3. The first-order valence-corrected chi connectivity index (χ1v) is 5.82. The van der Waals surface area contributed by atoms with E-state index in [1.54, 1.807) is 0 Å². The Hall–Kier alpha value is -0.610. The monoisotopic (exact) mass is 215 g/mol. The highest BCUT2D eigenvalue weighted by Gasteiger charge is 2.11. The van der Waals surface area contributed by atoms with Crippen LogP contribution in [-0.2, 0) is 9.53 Å². The largest absolute Gasteiger partial charge is 0.481 e. The van der Waals surface area contributed by atoms with Crippen LogP contribution in [0.4, 0.5) is 0 Å². The van der Waals surface area contributed by atoms with Gasteiger partial charge >= 0.3 is 5.97 Å². The Bertz CT molecular complexity index is 179. The van der Waals surface area contributed by atoms with Crippen LogP contribution in [0.2, 0.25) is 0 Å². The van der Waals surface area contributed by atoms with Crippen molar-refractivity contribution in [2.75, 3.05) is 19.8 Å². The summed E-state index contributed by atoms with van der Waals surface area (Å²) in [5.74, 6) is -0.688. The van der Waals surface area contributed by atoms with E-state index in [0.717, 1.165) is 51.9 Å². The lowest BCUT2D eigenvalue weighted by Gasteiger charge is -2.23. The van der Waals surface area contributed by atoms with E-state index in [-0.39, 0.29) is 0 Å². The molecule has 0 spiro atoms. The molecule has 0 radical (unpaired) electrons. The molecule has 0 saturated carbocycles. The number of carboxylic acid groups (broad SMARTS) is 1. The molecule has 0 aliphatic carbocycles. The molecular weight excluding hydrogens is 194 g/mol. The van der Waals surface area contributed by atoms with E-state index in [4.69, 9.17) is 9.84 Å². The zero-order valence-corrected chi connectivity index (χ0v) is 9.21. The van der Waals surface area contributed by atoms with Gasteiger partial charge in [0, 0.05) is 25.7 Å². The Morgan fingerprint density at radius 3 is 2.67 bits per heavy atom. The van der Waals surface area contributed by atoms with Gasteiger partial charge in [0.05, 0.1) is 0 Å². The fraction of sp³-hybridized carbons (Fsp3) is 0.909. The van der Waals surface area contributed by atoms with E-state index in [9.17, 15) is 4.79 Å². The summed E-state index contributed by atoms with van der Waals surface area (Å²) in [6, 6.07) is 0.609. The van der Waals surface area contributed by atoms with E-state index >= 15 is 0 Å². The molecule has 4 heteroatoms. The van der Waals surface area contributed by atoms with Crippen LogP contribution in [0.25, 0.3) is 0 Å². The first-order valence-electron chi connectivity index (χ1n) is 5.82. The molecule has 1 rings (SSSR count). The molecule has 1 aliphatic rings. The van der Waals surface area contributed by atoms with Crippen LogP contribution in [-0.4, -0.2) is 36.9 Å². The third-order valence-electron chi connectivity index (χ3n) is 2.72. The summed E-state index contributed by atoms with van der Waals surface area (Å²) in [5, 5.41) is 11.9. The highest BCUT2D eigenvalue weighted by atomic mass is 16.5. The third kappa shape index (κ3) is 6.47. The second-order valence-corrected chi connectivity index (χ2v) is 4.05. The molecule has 0 unspecified atom stereocenters. The quantitative estimate of drug-likeness (QED) is 0.630. The lowest BCUT2D eigenvalue weighted by Crippen LogP contribution is -2.35. The van der Waals surface area contributed by atoms with E-state index in [1.807, 2.05) is 0 Å². The number of nitrogens with one attached hydrogen (secondary N) is 1. The summed E-state index contributed by atoms with van der Waals surface area (Å²) < 4.78 is 5.27. The standard InChI is InChI=1S/C11H21NO3/c13-11(14)4-2-1-3-7-12-10-5-8-15-9-6-10/h10,12H,1-9H2,(H,13,14). The van der Waals surface area contributed by atoms with Gasteiger partial charge in [-0.3, -0.25) is 4.79 Å². The molecule has 2 N–H and O–H groups in total. The predicted molar refractivity (Wildman–Crippen MR) is 57.9 cm³/mol. The molecule has 4 nitrogen and oxygen atoms in total. The molecule has 15 heavy (non-hydrogen) atoms. The van der Waals surface area contributed by atoms with Gasteiger partial charge in [0.1, 0.15) is 0 Å². The van der Waals surface area contributed by atoms with Crippen molar-refractivity contribution >= 4 is 5.97 Å². The van der Waals surface area contributed by atoms with Gasteiger partial charge in [-0.05, 0) is 32.2 Å². The molecule has 1 aliphatic heterocycles. The number of carboxylic acids is 1. The van der Waals surface area contributed by atoms with Crippen LogP contribution in [0, 0.1) is 0 Å². The van der Waals surface area contributed by atoms with E-state index < -0.39 is 5.97 Å². The minimum absolute atomic E-state index is 0.303. The fourth-order valence-corrected chi connectivity index (χ4v) is 1.79. The molecular formula is C11H21NO3. The summed E-state index contributed by atoms with van der Waals surface area (Å²) in [5.41, 5.74) is 0. The molecule has 88 valence electrons. The Morgan fingerprint density at radius 2 is 2.00 bits per heavy atom. The van der Waals surface area contributed by atoms with Crippen molar-refractivity contribution in [3.63, 3.8) is 0 Å². The molecule has 1 fully saturated rings. The number of hydrogen-bond donors (Lipinski definition) is 2. The first kappa shape index (κ1) is 12.5. The average Bonchev–Trinajstić information content (AvgIpc) is 2.24. The van der Waals surface area contributed by atoms with Crippen molar-refractivity contribution in [3.8, 4) is 0 Å². The van der Waals surface area contributed by atoms with Gasteiger partial charge in [-0.25, -0.2) is 0 Å². The minimum Gasteiger partial charge on any atom is -0.481 e. The number of rotatable bonds is 7. The lowest BCUT2D eigenvalue weighted by molar-refractivity contribution is -0.137. The maximum Gasteiger partial charge on any atom is 0.303 e. The highest BCUT2D eigenvalue weighted by Crippen LogP contribution is 2.06. The predicted octanol–water partition coefficient (Wildman–Crippen LogP) is 1.40. The maximum absolute atomic E-state index is 10.2. The number of unbranched alkanes of at least 4 members (excludes halogenated alkanes) is 2. The van der Waals surface area contributed by atoms with Crippen LogP contribution in [0.3, 0.4) is 0 Å². The molecule has 1 heterocycles. The summed E-state index contributed by atoms with van der Waals surface area (Å²) in [6.45, 7) is 2.75. The molecule has 0 aromatic carbocycles. The Balaban J connectivity index is 1.85. The molecule has 1 saturated heterocycles. The zero-order chi connectivity index (χ0) is 10.9. The smallest absolute Gasteiger partial charge is 0.303 e. The number of carbonyl (C=O) groups is 1. The van der Waals surface area contributed by atoms with Crippen LogP contribution < -0.4 is 5.32 Å². The number of ether oxygens (including phenoxy) is 1. The molecule has 0 aromatic heterocycles. The van der Waals surface area contributed by atoms with E-state index in [2.05, 4.69) is 5.32 Å². The van der Waals surface area contributed by atoms with Crippen molar-refractivity contribution < 1.29 is 14.6 Å². The maximum atomic E-state index is 10.2. The first-order chi connectivity index (χ1) is 7.29. The summed E-state index contributed by atoms with van der Waals surface area (Å²) in [7, 11) is 0. The van der Waals surface area contributed by atoms with Crippen molar-refractivity contribution in [1.29, 1.82) is 0 Å². The van der Waals surface area contributed by atoms with Crippen LogP contribution in [0.15, 0.2) is 0 Å². The molecule has 0 aromatic rings. The van der Waals surface area contributed by atoms with Crippen molar-refractivity contribution in [1.82, 2.24) is 5.32 Å². The Kier molecular flexibility index (Phi) is 6.36. The molecule has 0 bridgehead atoms. The fourth-order valence-electron chi connectivity index (χ4n) is 1.79. The second-order valence-electron chi connectivity index (χ2n) is 4.05. The second kappa shape index (κ2) is 7.65. The van der Waals surface area contributed by atoms with E-state index in [0.29, 0.717) is 12.5 Å². The normalized spacial score (nSPS) is 17.9. The van der Waals surface area contributed by atoms with Gasteiger partial charge < -0.3 is 15.2 Å². The average molecular weight is 215 g/mol. The highest BCUT2D eigenvalue weighted by molar-refractivity contribution is 5.66. The molecule has 0 amide bonds. The lowest BCUT2D eigenvalue weighted by atomic mass is 10.1. The summed E-state index contributed by atoms with van der Waals surface area (Å²) >= 11 is 0. The SMILES string of the molecule is O=C(O)CCCCCNC1CCOCC1. The minimum atomic E-state index is -0.688. The van der Waals surface area contributed by atoms with Crippen LogP contribution in [0.5, 0.6) is 0 Å². The van der Waals surface area contributed by atoms with Gasteiger partial charge in [0.25, 0.3) is 0 Å². The van der Waals surface area contributed by atoms with E-state index in [1.165, 1.54) is 0 Å². The van der Waals surface area contributed by atoms with Gasteiger partial charge in [0.2, 0.25) is 0 Å². The molecule has 0 atom stereocenters.